The maximum Gasteiger partial charge on any atom is 0.276 e. The fraction of sp³-hybridized carbons (Fsp3) is 0.312. The summed E-state index contributed by atoms with van der Waals surface area (Å²) < 4.78 is 0. The predicted octanol–water partition coefficient (Wildman–Crippen LogP) is 1.70. The molecule has 1 aromatic carbocycles. The minimum atomic E-state index is -0.334. The summed E-state index contributed by atoms with van der Waals surface area (Å²) in [5, 5.41) is 13.3. The Bertz CT molecular complexity index is 765. The molecule has 0 saturated heterocycles. The number of fused-ring (bicyclic) bond motifs is 1. The standard InChI is InChI=1S/C16H19N5O2S.ClH/c17-14(22)6-8-24-13-4-2-1-3-12(13)19-16(23)15-10-9-18-7-5-11(10)20-21-15;/h1-4,18H,5-9H2,(H2,17,22)(H,19,23)(H,20,21);1H. The average Bonchev–Trinajstić information content (AvgIpc) is 3.00. The van der Waals surface area contributed by atoms with Crippen LogP contribution in [0.25, 0.3) is 0 Å². The first-order valence-corrected chi connectivity index (χ1v) is 8.72. The van der Waals surface area contributed by atoms with E-state index >= 15 is 0 Å². The van der Waals surface area contributed by atoms with Crippen LogP contribution < -0.4 is 16.4 Å². The van der Waals surface area contributed by atoms with Gasteiger partial charge in [-0.2, -0.15) is 5.10 Å². The molecule has 0 radical (unpaired) electrons. The lowest BCUT2D eigenvalue weighted by Crippen LogP contribution is -2.25. The Balaban J connectivity index is 0.00000225. The van der Waals surface area contributed by atoms with Gasteiger partial charge in [0.25, 0.3) is 5.91 Å². The number of para-hydroxylation sites is 1. The molecule has 0 atom stereocenters. The molecule has 3 rings (SSSR count). The third-order valence-electron chi connectivity index (χ3n) is 3.76. The molecule has 0 unspecified atom stereocenters. The van der Waals surface area contributed by atoms with Crippen LogP contribution in [0.4, 0.5) is 5.69 Å². The molecule has 2 amide bonds. The van der Waals surface area contributed by atoms with Crippen LogP contribution in [-0.2, 0) is 17.8 Å². The monoisotopic (exact) mass is 381 g/mol. The quantitative estimate of drug-likeness (QED) is 0.569. The number of nitrogens with one attached hydrogen (secondary N) is 3. The largest absolute Gasteiger partial charge is 0.370 e. The van der Waals surface area contributed by atoms with Crippen LogP contribution in [0.15, 0.2) is 29.2 Å². The molecule has 25 heavy (non-hydrogen) atoms. The van der Waals surface area contributed by atoms with Gasteiger partial charge in [0.05, 0.1) is 5.69 Å². The third-order valence-corrected chi connectivity index (χ3v) is 4.84. The van der Waals surface area contributed by atoms with Gasteiger partial charge in [-0.3, -0.25) is 14.7 Å². The second kappa shape index (κ2) is 8.89. The third kappa shape index (κ3) is 4.75. The molecule has 1 aliphatic heterocycles. The molecule has 0 spiro atoms. The van der Waals surface area contributed by atoms with E-state index in [1.165, 1.54) is 11.8 Å². The van der Waals surface area contributed by atoms with Crippen molar-refractivity contribution in [2.45, 2.75) is 24.3 Å². The molecular formula is C16H20ClN5O2S. The zero-order valence-electron chi connectivity index (χ0n) is 13.5. The molecule has 134 valence electrons. The zero-order valence-corrected chi connectivity index (χ0v) is 15.1. The van der Waals surface area contributed by atoms with Gasteiger partial charge in [0.1, 0.15) is 0 Å². The SMILES string of the molecule is Cl.NC(=O)CCSc1ccccc1NC(=O)c1n[nH]c2c1CNCC2. The summed E-state index contributed by atoms with van der Waals surface area (Å²) in [6.07, 6.45) is 1.14. The number of anilines is 1. The molecule has 2 heterocycles. The summed E-state index contributed by atoms with van der Waals surface area (Å²) in [4.78, 5) is 24.3. The van der Waals surface area contributed by atoms with Gasteiger partial charge in [0.2, 0.25) is 5.91 Å². The number of aromatic nitrogens is 2. The van der Waals surface area contributed by atoms with E-state index in [4.69, 9.17) is 5.73 Å². The van der Waals surface area contributed by atoms with Crippen molar-refractivity contribution in [2.75, 3.05) is 17.6 Å². The number of carbonyl (C=O) groups is 2. The van der Waals surface area contributed by atoms with E-state index in [2.05, 4.69) is 20.8 Å². The first kappa shape index (κ1) is 19.3. The van der Waals surface area contributed by atoms with Gasteiger partial charge in [-0.05, 0) is 12.1 Å². The number of aromatic amines is 1. The molecule has 9 heteroatoms. The second-order valence-corrected chi connectivity index (χ2v) is 6.61. The van der Waals surface area contributed by atoms with E-state index in [0.717, 1.165) is 29.1 Å². The molecule has 1 aromatic heterocycles. The molecule has 7 nitrogen and oxygen atoms in total. The van der Waals surface area contributed by atoms with Crippen molar-refractivity contribution in [2.24, 2.45) is 5.73 Å². The Kier molecular flexibility index (Phi) is 6.86. The summed E-state index contributed by atoms with van der Waals surface area (Å²) in [5.74, 6) is 0.00281. The highest BCUT2D eigenvalue weighted by molar-refractivity contribution is 7.99. The average molecular weight is 382 g/mol. The maximum absolute atomic E-state index is 12.6. The van der Waals surface area contributed by atoms with Crippen LogP contribution in [0, 0.1) is 0 Å². The van der Waals surface area contributed by atoms with Gasteiger partial charge in [0, 0.05) is 47.8 Å². The van der Waals surface area contributed by atoms with E-state index in [0.29, 0.717) is 30.1 Å². The molecule has 0 fully saturated rings. The predicted molar refractivity (Wildman–Crippen MR) is 100 cm³/mol. The Morgan fingerprint density at radius 1 is 1.32 bits per heavy atom. The number of carbonyl (C=O) groups excluding carboxylic acids is 2. The second-order valence-electron chi connectivity index (χ2n) is 5.47. The highest BCUT2D eigenvalue weighted by Gasteiger charge is 2.22. The number of nitrogens with zero attached hydrogens (tertiary/aromatic N) is 1. The van der Waals surface area contributed by atoms with Crippen molar-refractivity contribution in [3.05, 3.63) is 41.2 Å². The number of rotatable bonds is 6. The van der Waals surface area contributed by atoms with Crippen molar-refractivity contribution in [1.82, 2.24) is 15.5 Å². The van der Waals surface area contributed by atoms with Gasteiger partial charge in [-0.15, -0.1) is 24.2 Å². The Labute approximate surface area is 155 Å². The van der Waals surface area contributed by atoms with Gasteiger partial charge in [0.15, 0.2) is 5.69 Å². The minimum absolute atomic E-state index is 0. The highest BCUT2D eigenvalue weighted by Crippen LogP contribution is 2.28. The summed E-state index contributed by atoms with van der Waals surface area (Å²) in [6.45, 7) is 1.53. The number of thioether (sulfide) groups is 1. The lowest BCUT2D eigenvalue weighted by Gasteiger charge is -2.13. The van der Waals surface area contributed by atoms with Crippen LogP contribution in [-0.4, -0.2) is 34.3 Å². The zero-order chi connectivity index (χ0) is 16.9. The molecule has 0 aliphatic carbocycles. The molecular weight excluding hydrogens is 362 g/mol. The summed E-state index contributed by atoms with van der Waals surface area (Å²) >= 11 is 1.49. The molecule has 1 aliphatic rings. The molecule has 5 N–H and O–H groups in total. The fourth-order valence-electron chi connectivity index (χ4n) is 2.55. The normalized spacial score (nSPS) is 12.8. The van der Waals surface area contributed by atoms with Gasteiger partial charge < -0.3 is 16.4 Å². The first-order chi connectivity index (χ1) is 11.6. The lowest BCUT2D eigenvalue weighted by molar-refractivity contribution is -0.117. The summed E-state index contributed by atoms with van der Waals surface area (Å²) in [6, 6.07) is 7.49. The fourth-order valence-corrected chi connectivity index (χ4v) is 3.52. The van der Waals surface area contributed by atoms with Crippen LogP contribution in [0.2, 0.25) is 0 Å². The van der Waals surface area contributed by atoms with Crippen LogP contribution >= 0.6 is 24.2 Å². The van der Waals surface area contributed by atoms with Crippen LogP contribution in [0.3, 0.4) is 0 Å². The van der Waals surface area contributed by atoms with Crippen molar-refractivity contribution < 1.29 is 9.59 Å². The van der Waals surface area contributed by atoms with Crippen molar-refractivity contribution in [1.29, 1.82) is 0 Å². The Morgan fingerprint density at radius 3 is 2.92 bits per heavy atom. The number of benzene rings is 1. The first-order valence-electron chi connectivity index (χ1n) is 7.73. The lowest BCUT2D eigenvalue weighted by atomic mass is 10.1. The number of primary amides is 1. The number of halogens is 1. The van der Waals surface area contributed by atoms with Crippen molar-refractivity contribution >= 4 is 41.7 Å². The van der Waals surface area contributed by atoms with E-state index < -0.39 is 0 Å². The minimum Gasteiger partial charge on any atom is -0.370 e. The van der Waals surface area contributed by atoms with Crippen molar-refractivity contribution in [3.63, 3.8) is 0 Å². The molecule has 2 aromatic rings. The van der Waals surface area contributed by atoms with E-state index in [9.17, 15) is 9.59 Å². The van der Waals surface area contributed by atoms with Crippen LogP contribution in [0.1, 0.15) is 28.2 Å². The number of amides is 2. The Morgan fingerprint density at radius 2 is 2.12 bits per heavy atom. The van der Waals surface area contributed by atoms with Crippen molar-refractivity contribution in [3.8, 4) is 0 Å². The van der Waals surface area contributed by atoms with Gasteiger partial charge in [-0.25, -0.2) is 0 Å². The topological polar surface area (TPSA) is 113 Å². The number of hydrogen-bond acceptors (Lipinski definition) is 5. The van der Waals surface area contributed by atoms with Gasteiger partial charge in [-0.1, -0.05) is 12.1 Å². The Hall–Kier alpha value is -2.03. The summed E-state index contributed by atoms with van der Waals surface area (Å²) in [7, 11) is 0. The highest BCUT2D eigenvalue weighted by atomic mass is 35.5. The van der Waals surface area contributed by atoms with Gasteiger partial charge >= 0.3 is 0 Å². The van der Waals surface area contributed by atoms with E-state index in [1.54, 1.807) is 0 Å². The maximum atomic E-state index is 12.6. The summed E-state index contributed by atoms with van der Waals surface area (Å²) in [5.41, 5.74) is 8.24. The van der Waals surface area contributed by atoms with Crippen LogP contribution in [0.5, 0.6) is 0 Å². The molecule has 0 bridgehead atoms. The van der Waals surface area contributed by atoms with E-state index in [-0.39, 0.29) is 24.2 Å². The smallest absolute Gasteiger partial charge is 0.276 e. The number of hydrogen-bond donors (Lipinski definition) is 4. The molecule has 0 saturated carbocycles. The number of H-pyrrole nitrogens is 1. The van der Waals surface area contributed by atoms with E-state index in [1.807, 2.05) is 24.3 Å². The number of nitrogens with two attached hydrogens (primary N) is 1.